The number of piperazine rings is 1. The number of aromatic nitrogens is 1. The van der Waals surface area contributed by atoms with E-state index in [1.165, 1.54) is 17.4 Å². The van der Waals surface area contributed by atoms with Crippen LogP contribution >= 0.6 is 11.3 Å². The second-order valence-electron chi connectivity index (χ2n) is 12.6. The summed E-state index contributed by atoms with van der Waals surface area (Å²) >= 11 is 0.425. The third kappa shape index (κ3) is 8.46. The minimum absolute atomic E-state index is 0.0170. The van der Waals surface area contributed by atoms with Gasteiger partial charge in [0.1, 0.15) is 17.5 Å². The molecule has 0 aliphatic carbocycles. The fourth-order valence-corrected chi connectivity index (χ4v) is 7.63. The Morgan fingerprint density at radius 1 is 1.04 bits per heavy atom. The number of hydrogen-bond donors (Lipinski definition) is 1. The van der Waals surface area contributed by atoms with Gasteiger partial charge in [0, 0.05) is 70.9 Å². The molecule has 2 aromatic heterocycles. The van der Waals surface area contributed by atoms with Gasteiger partial charge in [-0.25, -0.2) is 0 Å². The maximum atomic E-state index is 14.9. The molecule has 52 heavy (non-hydrogen) atoms. The average molecular weight is 757 g/mol. The summed E-state index contributed by atoms with van der Waals surface area (Å²) in [4.78, 5) is 48.6. The van der Waals surface area contributed by atoms with Gasteiger partial charge < -0.3 is 29.5 Å². The van der Waals surface area contributed by atoms with Gasteiger partial charge in [0.2, 0.25) is 5.91 Å². The van der Waals surface area contributed by atoms with Crippen LogP contribution in [0.1, 0.15) is 59.0 Å². The van der Waals surface area contributed by atoms with Crippen LogP contribution in [0.3, 0.4) is 0 Å². The van der Waals surface area contributed by atoms with Crippen LogP contribution in [0.25, 0.3) is 0 Å². The number of piperidine rings is 1. The molecule has 282 valence electrons. The monoisotopic (exact) mass is 756 g/mol. The van der Waals surface area contributed by atoms with E-state index in [-0.39, 0.29) is 63.7 Å². The van der Waals surface area contributed by atoms with E-state index in [2.05, 4.69) is 15.2 Å². The number of pyridine rings is 1. The Balaban J connectivity index is 1.47. The summed E-state index contributed by atoms with van der Waals surface area (Å²) in [6.45, 7) is 3.10. The van der Waals surface area contributed by atoms with Crippen molar-refractivity contribution in [2.24, 2.45) is 0 Å². The predicted molar refractivity (Wildman–Crippen MR) is 181 cm³/mol. The summed E-state index contributed by atoms with van der Waals surface area (Å²) in [5, 5.41) is 4.01. The second-order valence-corrected chi connectivity index (χ2v) is 13.6. The Bertz CT molecular complexity index is 1730. The van der Waals surface area contributed by atoms with Crippen LogP contribution in [0.15, 0.2) is 54.2 Å². The van der Waals surface area contributed by atoms with Crippen molar-refractivity contribution in [3.05, 3.63) is 75.7 Å². The molecular weight excluding hydrogens is 716 g/mol. The lowest BCUT2D eigenvalue weighted by atomic mass is 9.79. The van der Waals surface area contributed by atoms with Crippen LogP contribution < -0.4 is 10.2 Å². The Kier molecular flexibility index (Phi) is 12.0. The maximum absolute atomic E-state index is 14.9. The SMILES string of the molecule is CCC[C@H]1N(C(=O)c2cnccc2C(F)(F)F)CCC[C@@]1([OH+]c1csc(C(F)(F)F)c1)C(=O)N1CCN(c2ccccc2CNC(=O)COC)CC1. The van der Waals surface area contributed by atoms with Crippen molar-refractivity contribution in [2.45, 2.75) is 63.1 Å². The van der Waals surface area contributed by atoms with E-state index in [4.69, 9.17) is 9.47 Å². The lowest BCUT2D eigenvalue weighted by Gasteiger charge is -2.48. The van der Waals surface area contributed by atoms with E-state index in [0.29, 0.717) is 36.9 Å². The first kappa shape index (κ1) is 38.8. The van der Waals surface area contributed by atoms with Gasteiger partial charge in [0.15, 0.2) is 0 Å². The molecule has 0 unspecified atom stereocenters. The summed E-state index contributed by atoms with van der Waals surface area (Å²) in [6.07, 6.45) is -6.94. The molecule has 2 fully saturated rings. The number of nitrogens with one attached hydrogen (secondary N) is 1. The number of alkyl halides is 6. The van der Waals surface area contributed by atoms with Crippen LogP contribution in [0, 0.1) is 0 Å². The Morgan fingerprint density at radius 3 is 2.42 bits per heavy atom. The van der Waals surface area contributed by atoms with Crippen LogP contribution in [-0.2, 0) is 33.2 Å². The minimum atomic E-state index is -4.86. The molecule has 2 atom stereocenters. The van der Waals surface area contributed by atoms with Gasteiger partial charge in [-0.05, 0) is 30.5 Å². The number of carbonyl (C=O) groups is 3. The summed E-state index contributed by atoms with van der Waals surface area (Å²) in [5.41, 5.74) is -1.95. The van der Waals surface area contributed by atoms with Crippen molar-refractivity contribution in [2.75, 3.05) is 51.3 Å². The molecule has 0 radical (unpaired) electrons. The van der Waals surface area contributed by atoms with Crippen molar-refractivity contribution in [1.82, 2.24) is 20.1 Å². The molecule has 2 aliphatic heterocycles. The quantitative estimate of drug-likeness (QED) is 0.194. The zero-order chi connectivity index (χ0) is 37.7. The van der Waals surface area contributed by atoms with E-state index in [1.54, 1.807) is 11.8 Å². The highest BCUT2D eigenvalue weighted by Gasteiger charge is 2.60. The highest BCUT2D eigenvalue weighted by Crippen LogP contribution is 2.43. The minimum Gasteiger partial charge on any atom is -0.570 e. The molecular formula is C35H40F6N5O5S+. The van der Waals surface area contributed by atoms with Crippen LogP contribution in [0.5, 0.6) is 5.75 Å². The first-order chi connectivity index (χ1) is 24.7. The number of ether oxygens (including phenoxy) is 2. The molecule has 10 nitrogen and oxygen atoms in total. The average Bonchev–Trinajstić information content (AvgIpc) is 3.60. The number of aliphatic hydroxyl groups is 1. The first-order valence-corrected chi connectivity index (χ1v) is 17.7. The van der Waals surface area contributed by atoms with E-state index in [1.807, 2.05) is 24.3 Å². The van der Waals surface area contributed by atoms with Gasteiger partial charge in [0.05, 0.1) is 22.6 Å². The van der Waals surface area contributed by atoms with E-state index < -0.39 is 51.8 Å². The lowest BCUT2D eigenvalue weighted by molar-refractivity contribution is -0.198. The van der Waals surface area contributed by atoms with Gasteiger partial charge in [-0.3, -0.25) is 19.4 Å². The Hall–Kier alpha value is -4.38. The highest BCUT2D eigenvalue weighted by atomic mass is 32.1. The number of anilines is 1. The normalized spacial score (nSPS) is 19.8. The molecule has 2 saturated heterocycles. The maximum Gasteiger partial charge on any atom is 0.425 e. The highest BCUT2D eigenvalue weighted by molar-refractivity contribution is 7.10. The number of carbonyl (C=O) groups excluding carboxylic acids is 3. The topological polar surface area (TPSA) is 108 Å². The molecule has 0 spiro atoms. The third-order valence-corrected chi connectivity index (χ3v) is 10.2. The van der Waals surface area contributed by atoms with Crippen LogP contribution in [0.4, 0.5) is 32.0 Å². The van der Waals surface area contributed by atoms with Crippen molar-refractivity contribution in [3.8, 4) is 5.75 Å². The van der Waals surface area contributed by atoms with E-state index in [0.717, 1.165) is 29.7 Å². The number of hydrogen-bond acceptors (Lipinski definition) is 7. The summed E-state index contributed by atoms with van der Waals surface area (Å²) in [7, 11) is 1.42. The lowest BCUT2D eigenvalue weighted by Crippen LogP contribution is -2.68. The number of halogens is 6. The smallest absolute Gasteiger partial charge is 0.425 e. The van der Waals surface area contributed by atoms with Gasteiger partial charge in [-0.15, -0.1) is 11.3 Å². The fraction of sp³-hybridized carbons (Fsp3) is 0.486. The number of methoxy groups -OCH3 is 1. The number of para-hydroxylation sites is 1. The molecule has 3 amide bonds. The molecule has 5 rings (SSSR count). The number of thiophene rings is 1. The zero-order valence-electron chi connectivity index (χ0n) is 28.6. The first-order valence-electron chi connectivity index (χ1n) is 16.8. The van der Waals surface area contributed by atoms with E-state index in [9.17, 15) is 40.7 Å². The number of aromatic hydroxyl groups is 1. The number of benzene rings is 1. The van der Waals surface area contributed by atoms with Crippen LogP contribution in [-0.4, -0.2) is 95.3 Å². The molecule has 17 heteroatoms. The van der Waals surface area contributed by atoms with Crippen LogP contribution in [0.2, 0.25) is 0 Å². The molecule has 2 aliphatic rings. The predicted octanol–water partition coefficient (Wildman–Crippen LogP) is 5.88. The largest absolute Gasteiger partial charge is 0.570 e. The van der Waals surface area contributed by atoms with Gasteiger partial charge in [0.25, 0.3) is 17.3 Å². The molecule has 0 saturated carbocycles. The number of rotatable bonds is 11. The number of nitrogens with zero attached hydrogens (tertiary/aromatic N) is 4. The van der Waals surface area contributed by atoms with Gasteiger partial charge in [-0.1, -0.05) is 31.5 Å². The molecule has 2 N–H and O–H groups in total. The molecule has 3 aromatic rings. The Morgan fingerprint density at radius 2 is 1.77 bits per heavy atom. The van der Waals surface area contributed by atoms with Gasteiger partial charge >= 0.3 is 18.3 Å². The summed E-state index contributed by atoms with van der Waals surface area (Å²) < 4.78 is 92.6. The van der Waals surface area contributed by atoms with E-state index >= 15 is 0 Å². The van der Waals surface area contributed by atoms with Crippen molar-refractivity contribution in [3.63, 3.8) is 0 Å². The third-order valence-electron chi connectivity index (χ3n) is 9.28. The summed E-state index contributed by atoms with van der Waals surface area (Å²) in [6, 6.07) is 7.98. The van der Waals surface area contributed by atoms with Gasteiger partial charge in [-0.2, -0.15) is 26.3 Å². The fourth-order valence-electron chi connectivity index (χ4n) is 6.94. The zero-order valence-corrected chi connectivity index (χ0v) is 29.4. The standard InChI is InChI=1S/C35H39F6N5O5S/c1-3-7-28-33(51-24-18-29(52-22-24)35(39,40)41,11-6-13-46(28)31(48)25-20-42-12-10-26(25)34(36,37)38)32(49)45-16-14-44(15-17-45)27-9-5-4-8-23(27)19-43-30(47)21-50-2/h4-5,8-10,12,18,20,22,28H,3,6-7,11,13-17,19,21H2,1-2H3,(H,43,47)/p+1/t28-,33+/m1/s1. The van der Waals surface area contributed by atoms with Crippen molar-refractivity contribution in [1.29, 1.82) is 0 Å². The molecule has 4 heterocycles. The summed E-state index contributed by atoms with van der Waals surface area (Å²) in [5.74, 6) is -1.87. The molecule has 0 bridgehead atoms. The number of likely N-dealkylation sites (tertiary alicyclic amines) is 1. The van der Waals surface area contributed by atoms with Crippen molar-refractivity contribution < 1.29 is 50.2 Å². The molecule has 1 aromatic carbocycles. The van der Waals surface area contributed by atoms with Crippen molar-refractivity contribution >= 4 is 34.7 Å². The number of amides is 3. The Labute approximate surface area is 300 Å². The second kappa shape index (κ2) is 16.1.